The maximum Gasteiger partial charge on any atom is 0.434 e. The van der Waals surface area contributed by atoms with Gasteiger partial charge in [0, 0.05) is 32.1 Å². The molecule has 1 aliphatic heterocycles. The Bertz CT molecular complexity index is 859. The topological polar surface area (TPSA) is 116 Å². The Kier molecular flexibility index (Phi) is 6.92. The van der Waals surface area contributed by atoms with Crippen LogP contribution in [0.4, 0.5) is 19.0 Å². The van der Waals surface area contributed by atoms with E-state index in [-0.39, 0.29) is 42.9 Å². The van der Waals surface area contributed by atoms with Crippen molar-refractivity contribution in [3.8, 4) is 6.07 Å². The maximum absolute atomic E-state index is 13.3. The summed E-state index contributed by atoms with van der Waals surface area (Å²) in [5.41, 5.74) is -3.49. The van der Waals surface area contributed by atoms with Crippen molar-refractivity contribution in [2.75, 3.05) is 24.5 Å². The van der Waals surface area contributed by atoms with Gasteiger partial charge >= 0.3 is 18.1 Å². The smallest absolute Gasteiger partial charge is 0.434 e. The summed E-state index contributed by atoms with van der Waals surface area (Å²) < 4.78 is 45.2. The molecule has 0 amide bonds. The number of alkyl halides is 3. The molecule has 2 heterocycles. The third kappa shape index (κ3) is 6.06. The monoisotopic (exact) mass is 428 g/mol. The first-order valence-corrected chi connectivity index (χ1v) is 9.27. The van der Waals surface area contributed by atoms with Gasteiger partial charge in [-0.2, -0.15) is 18.4 Å². The minimum Gasteiger partial charge on any atom is -0.478 e. The molecule has 0 spiro atoms. The van der Waals surface area contributed by atoms with E-state index in [1.165, 1.54) is 4.90 Å². The Morgan fingerprint density at radius 2 is 2.07 bits per heavy atom. The molecular formula is C19H23F3N4O4. The summed E-state index contributed by atoms with van der Waals surface area (Å²) in [4.78, 5) is 28.1. The van der Waals surface area contributed by atoms with E-state index in [0.29, 0.717) is 19.0 Å². The average molecular weight is 428 g/mol. The summed E-state index contributed by atoms with van der Waals surface area (Å²) in [6.45, 7) is 6.12. The van der Waals surface area contributed by atoms with Crippen LogP contribution in [0.25, 0.3) is 0 Å². The minimum absolute atomic E-state index is 0.118. The van der Waals surface area contributed by atoms with Gasteiger partial charge in [0.15, 0.2) is 5.69 Å². The Morgan fingerprint density at radius 3 is 2.60 bits per heavy atom. The molecule has 1 unspecified atom stereocenters. The van der Waals surface area contributed by atoms with E-state index in [2.05, 4.69) is 10.3 Å². The molecule has 0 bridgehead atoms. The highest BCUT2D eigenvalue weighted by Crippen LogP contribution is 2.34. The number of halogens is 3. The van der Waals surface area contributed by atoms with Gasteiger partial charge in [0.25, 0.3) is 0 Å². The standard InChI is InChI=1S/C19H23F3N4O4/c1-18(2,3)30-14(27)5-4-12-10-26(7-6-24-12)16-11(9-23)8-13(17(28)29)15(25-16)19(20,21)22/h8,12,24H,4-7,10H2,1-3H3,(H,28,29). The van der Waals surface area contributed by atoms with Crippen LogP contribution in [0.15, 0.2) is 6.07 Å². The molecule has 0 aliphatic carbocycles. The fraction of sp³-hybridized carbons (Fsp3) is 0.579. The number of rotatable bonds is 5. The second-order valence-electron chi connectivity index (χ2n) is 7.89. The fourth-order valence-corrected chi connectivity index (χ4v) is 3.10. The number of pyridine rings is 1. The van der Waals surface area contributed by atoms with E-state index < -0.39 is 29.0 Å². The van der Waals surface area contributed by atoms with Gasteiger partial charge in [0.2, 0.25) is 0 Å². The van der Waals surface area contributed by atoms with E-state index >= 15 is 0 Å². The molecule has 164 valence electrons. The van der Waals surface area contributed by atoms with Gasteiger partial charge in [-0.15, -0.1) is 0 Å². The molecule has 2 N–H and O–H groups in total. The summed E-state index contributed by atoms with van der Waals surface area (Å²) in [5, 5.41) is 21.6. The average Bonchev–Trinajstić information content (AvgIpc) is 2.63. The number of aromatic carboxylic acids is 1. The zero-order valence-corrected chi connectivity index (χ0v) is 16.8. The number of carboxylic acids is 1. The fourth-order valence-electron chi connectivity index (χ4n) is 3.10. The first-order chi connectivity index (χ1) is 13.8. The van der Waals surface area contributed by atoms with E-state index in [4.69, 9.17) is 9.84 Å². The lowest BCUT2D eigenvalue weighted by molar-refractivity contribution is -0.155. The summed E-state index contributed by atoms with van der Waals surface area (Å²) in [6.07, 6.45) is -4.49. The summed E-state index contributed by atoms with van der Waals surface area (Å²) in [7, 11) is 0. The number of hydrogen-bond acceptors (Lipinski definition) is 7. The highest BCUT2D eigenvalue weighted by molar-refractivity contribution is 5.90. The van der Waals surface area contributed by atoms with Gasteiger partial charge in [0.05, 0.1) is 11.1 Å². The van der Waals surface area contributed by atoms with Crippen LogP contribution < -0.4 is 10.2 Å². The number of esters is 1. The lowest BCUT2D eigenvalue weighted by atomic mass is 10.1. The number of hydrogen-bond donors (Lipinski definition) is 2. The molecule has 1 aromatic heterocycles. The van der Waals surface area contributed by atoms with Gasteiger partial charge < -0.3 is 20.1 Å². The van der Waals surface area contributed by atoms with Gasteiger partial charge in [-0.3, -0.25) is 4.79 Å². The van der Waals surface area contributed by atoms with Crippen molar-refractivity contribution in [1.82, 2.24) is 10.3 Å². The van der Waals surface area contributed by atoms with Crippen LogP contribution in [0, 0.1) is 11.3 Å². The van der Waals surface area contributed by atoms with Crippen molar-refractivity contribution in [2.24, 2.45) is 0 Å². The van der Waals surface area contributed by atoms with E-state index in [1.807, 2.05) is 0 Å². The Balaban J connectivity index is 2.23. The van der Waals surface area contributed by atoms with Crippen molar-refractivity contribution in [3.63, 3.8) is 0 Å². The van der Waals surface area contributed by atoms with Crippen LogP contribution in [0.3, 0.4) is 0 Å². The molecule has 1 saturated heterocycles. The highest BCUT2D eigenvalue weighted by Gasteiger charge is 2.39. The number of nitrogens with zero attached hydrogens (tertiary/aromatic N) is 3. The Labute approximate surface area is 171 Å². The number of carboxylic acid groups (broad SMARTS) is 1. The van der Waals surface area contributed by atoms with Gasteiger partial charge in [-0.05, 0) is 33.3 Å². The molecule has 0 saturated carbocycles. The second-order valence-corrected chi connectivity index (χ2v) is 7.89. The zero-order chi connectivity index (χ0) is 22.7. The van der Waals surface area contributed by atoms with Crippen LogP contribution in [-0.2, 0) is 15.7 Å². The van der Waals surface area contributed by atoms with Crippen molar-refractivity contribution in [1.29, 1.82) is 5.26 Å². The van der Waals surface area contributed by atoms with Crippen molar-refractivity contribution in [3.05, 3.63) is 22.9 Å². The molecule has 11 heteroatoms. The van der Waals surface area contributed by atoms with Crippen LogP contribution >= 0.6 is 0 Å². The number of nitrogens with one attached hydrogen (secondary N) is 1. The van der Waals surface area contributed by atoms with Crippen LogP contribution in [0.1, 0.15) is 55.2 Å². The first kappa shape index (κ1) is 23.4. The number of aromatic nitrogens is 1. The third-order valence-electron chi connectivity index (χ3n) is 4.29. The van der Waals surface area contributed by atoms with Crippen LogP contribution in [-0.4, -0.2) is 53.3 Å². The van der Waals surface area contributed by atoms with Gasteiger partial charge in [0.1, 0.15) is 17.5 Å². The number of piperazine rings is 1. The summed E-state index contributed by atoms with van der Waals surface area (Å²) in [5.74, 6) is -2.42. The molecule has 30 heavy (non-hydrogen) atoms. The van der Waals surface area contributed by atoms with Crippen LogP contribution in [0.2, 0.25) is 0 Å². The quantitative estimate of drug-likeness (QED) is 0.688. The lowest BCUT2D eigenvalue weighted by Gasteiger charge is -2.35. The number of nitriles is 1. The highest BCUT2D eigenvalue weighted by atomic mass is 19.4. The SMILES string of the molecule is CC(C)(C)OC(=O)CCC1CN(c2nc(C(F)(F)F)c(C(=O)O)cc2C#N)CCN1. The molecule has 0 aromatic carbocycles. The van der Waals surface area contributed by atoms with Crippen molar-refractivity contribution in [2.45, 2.75) is 51.4 Å². The molecule has 8 nitrogen and oxygen atoms in total. The third-order valence-corrected chi connectivity index (χ3v) is 4.29. The van der Waals surface area contributed by atoms with Gasteiger partial charge in [-0.25, -0.2) is 9.78 Å². The van der Waals surface area contributed by atoms with E-state index in [9.17, 15) is 28.0 Å². The molecule has 0 radical (unpaired) electrons. The number of carbonyl (C=O) groups excluding carboxylic acids is 1. The normalized spacial score (nSPS) is 17.4. The van der Waals surface area contributed by atoms with Gasteiger partial charge in [-0.1, -0.05) is 0 Å². The van der Waals surface area contributed by atoms with E-state index in [0.717, 1.165) is 0 Å². The molecule has 2 rings (SSSR count). The molecule has 1 aliphatic rings. The summed E-state index contributed by atoms with van der Waals surface area (Å²) >= 11 is 0. The lowest BCUT2D eigenvalue weighted by Crippen LogP contribution is -2.51. The predicted molar refractivity (Wildman–Crippen MR) is 100.0 cm³/mol. The summed E-state index contributed by atoms with van der Waals surface area (Å²) in [6, 6.07) is 2.19. The largest absolute Gasteiger partial charge is 0.478 e. The van der Waals surface area contributed by atoms with Crippen LogP contribution in [0.5, 0.6) is 0 Å². The molecular weight excluding hydrogens is 405 g/mol. The molecule has 1 aromatic rings. The number of ether oxygens (including phenoxy) is 1. The maximum atomic E-state index is 13.3. The molecule has 1 atom stereocenters. The number of anilines is 1. The van der Waals surface area contributed by atoms with E-state index in [1.54, 1.807) is 26.8 Å². The van der Waals surface area contributed by atoms with Crippen molar-refractivity contribution >= 4 is 17.8 Å². The first-order valence-electron chi connectivity index (χ1n) is 9.27. The Morgan fingerprint density at radius 1 is 1.40 bits per heavy atom. The Hall–Kier alpha value is -2.87. The number of carbonyl (C=O) groups is 2. The molecule has 1 fully saturated rings. The van der Waals surface area contributed by atoms with Crippen molar-refractivity contribution < 1.29 is 32.6 Å². The second kappa shape index (κ2) is 8.87. The zero-order valence-electron chi connectivity index (χ0n) is 16.8. The predicted octanol–water partition coefficient (Wildman–Crippen LogP) is 2.57. The minimum atomic E-state index is -4.99.